The third kappa shape index (κ3) is 5.79. The van der Waals surface area contributed by atoms with E-state index in [2.05, 4.69) is 10.5 Å². The minimum atomic E-state index is -0.193. The fraction of sp³-hybridized carbons (Fsp3) is 0.176. The fourth-order valence-corrected chi connectivity index (χ4v) is 2.61. The van der Waals surface area contributed by atoms with Crippen molar-refractivity contribution in [1.82, 2.24) is 5.43 Å². The number of thioether (sulfide) groups is 1. The zero-order valence-corrected chi connectivity index (χ0v) is 14.9. The lowest BCUT2D eigenvalue weighted by atomic mass is 10.2. The van der Waals surface area contributed by atoms with Crippen LogP contribution in [0.1, 0.15) is 5.56 Å². The molecule has 0 bridgehead atoms. The van der Waals surface area contributed by atoms with Gasteiger partial charge in [0.1, 0.15) is 11.5 Å². The van der Waals surface area contributed by atoms with Gasteiger partial charge in [0.25, 0.3) is 0 Å². The summed E-state index contributed by atoms with van der Waals surface area (Å²) in [7, 11) is 3.15. The van der Waals surface area contributed by atoms with E-state index in [4.69, 9.17) is 21.1 Å². The van der Waals surface area contributed by atoms with Crippen LogP contribution in [-0.2, 0) is 4.79 Å². The molecule has 0 heterocycles. The number of hydrogen-bond acceptors (Lipinski definition) is 5. The van der Waals surface area contributed by atoms with E-state index >= 15 is 0 Å². The van der Waals surface area contributed by atoms with Gasteiger partial charge in [-0.3, -0.25) is 4.79 Å². The smallest absolute Gasteiger partial charge is 0.250 e. The quantitative estimate of drug-likeness (QED) is 0.463. The number of benzene rings is 2. The average molecular weight is 365 g/mol. The van der Waals surface area contributed by atoms with Crippen molar-refractivity contribution < 1.29 is 14.3 Å². The summed E-state index contributed by atoms with van der Waals surface area (Å²) in [4.78, 5) is 12.8. The summed E-state index contributed by atoms with van der Waals surface area (Å²) in [6, 6.07) is 12.7. The minimum absolute atomic E-state index is 0.193. The van der Waals surface area contributed by atoms with Crippen LogP contribution in [0.2, 0.25) is 5.02 Å². The van der Waals surface area contributed by atoms with Crippen LogP contribution in [0.4, 0.5) is 0 Å². The Morgan fingerprint density at radius 3 is 2.38 bits per heavy atom. The Balaban J connectivity index is 1.86. The number of methoxy groups -OCH3 is 2. The lowest BCUT2D eigenvalue weighted by Gasteiger charge is -2.05. The SMILES string of the molecule is COc1cc(/C=N\NC(=O)CSc2ccc(Cl)cc2)cc(OC)c1. The number of amides is 1. The number of rotatable bonds is 7. The second-order valence-electron chi connectivity index (χ2n) is 4.68. The van der Waals surface area contributed by atoms with Crippen molar-refractivity contribution in [3.8, 4) is 11.5 Å². The highest BCUT2D eigenvalue weighted by Crippen LogP contribution is 2.21. The van der Waals surface area contributed by atoms with Crippen LogP contribution >= 0.6 is 23.4 Å². The lowest BCUT2D eigenvalue weighted by molar-refractivity contribution is -0.118. The standard InChI is InChI=1S/C17H17ClN2O3S/c1-22-14-7-12(8-15(9-14)23-2)10-19-20-17(21)11-24-16-5-3-13(18)4-6-16/h3-10H,11H2,1-2H3,(H,20,21)/b19-10-. The number of halogens is 1. The molecule has 24 heavy (non-hydrogen) atoms. The summed E-state index contributed by atoms with van der Waals surface area (Å²) in [5.41, 5.74) is 3.25. The Kier molecular flexibility index (Phi) is 6.96. The number of carbonyl (C=O) groups is 1. The summed E-state index contributed by atoms with van der Waals surface area (Å²) in [6.45, 7) is 0. The largest absolute Gasteiger partial charge is 0.497 e. The molecule has 0 aliphatic carbocycles. The molecule has 2 aromatic rings. The van der Waals surface area contributed by atoms with Crippen molar-refractivity contribution in [3.05, 3.63) is 53.1 Å². The van der Waals surface area contributed by atoms with E-state index in [0.717, 1.165) is 10.5 Å². The lowest BCUT2D eigenvalue weighted by Crippen LogP contribution is -2.19. The Bertz CT molecular complexity index is 698. The van der Waals surface area contributed by atoms with Gasteiger partial charge in [-0.15, -0.1) is 11.8 Å². The summed E-state index contributed by atoms with van der Waals surface area (Å²) in [6.07, 6.45) is 1.54. The Labute approximate surface area is 150 Å². The third-order valence-corrected chi connectivity index (χ3v) is 4.22. The highest BCUT2D eigenvalue weighted by Gasteiger charge is 2.03. The van der Waals surface area contributed by atoms with Gasteiger partial charge >= 0.3 is 0 Å². The molecule has 2 aromatic carbocycles. The second kappa shape index (κ2) is 9.20. The van der Waals surface area contributed by atoms with Crippen LogP contribution in [0, 0.1) is 0 Å². The van der Waals surface area contributed by atoms with Gasteiger partial charge in [0.15, 0.2) is 0 Å². The first-order valence-electron chi connectivity index (χ1n) is 7.04. The molecule has 0 saturated carbocycles. The van der Waals surface area contributed by atoms with Crippen LogP contribution in [0.15, 0.2) is 52.5 Å². The molecular formula is C17H17ClN2O3S. The van der Waals surface area contributed by atoms with Gasteiger partial charge in [-0.2, -0.15) is 5.10 Å². The van der Waals surface area contributed by atoms with E-state index in [9.17, 15) is 4.79 Å². The van der Waals surface area contributed by atoms with Gasteiger partial charge in [-0.05, 0) is 36.4 Å². The molecule has 0 aromatic heterocycles. The maximum atomic E-state index is 11.8. The molecule has 126 valence electrons. The van der Waals surface area contributed by atoms with E-state index in [-0.39, 0.29) is 11.7 Å². The monoisotopic (exact) mass is 364 g/mol. The maximum absolute atomic E-state index is 11.8. The predicted octanol–water partition coefficient (Wildman–Crippen LogP) is 3.60. The molecule has 1 amide bonds. The maximum Gasteiger partial charge on any atom is 0.250 e. The van der Waals surface area contributed by atoms with Crippen molar-refractivity contribution in [2.24, 2.45) is 5.10 Å². The highest BCUT2D eigenvalue weighted by molar-refractivity contribution is 8.00. The zero-order valence-electron chi connectivity index (χ0n) is 13.3. The zero-order chi connectivity index (χ0) is 17.4. The average Bonchev–Trinajstić information content (AvgIpc) is 2.61. The van der Waals surface area contributed by atoms with Crippen molar-refractivity contribution in [1.29, 1.82) is 0 Å². The van der Waals surface area contributed by atoms with E-state index in [1.54, 1.807) is 44.6 Å². The van der Waals surface area contributed by atoms with Crippen molar-refractivity contribution >= 4 is 35.5 Å². The summed E-state index contributed by atoms with van der Waals surface area (Å²) in [5, 5.41) is 4.62. The first-order valence-corrected chi connectivity index (χ1v) is 8.40. The van der Waals surface area contributed by atoms with Gasteiger partial charge in [0, 0.05) is 21.5 Å². The minimum Gasteiger partial charge on any atom is -0.497 e. The number of hydrazone groups is 1. The van der Waals surface area contributed by atoms with Gasteiger partial charge in [0.2, 0.25) is 5.91 Å². The molecule has 7 heteroatoms. The number of nitrogens with zero attached hydrogens (tertiary/aromatic N) is 1. The number of nitrogens with one attached hydrogen (secondary N) is 1. The van der Waals surface area contributed by atoms with Gasteiger partial charge in [0.05, 0.1) is 26.2 Å². The summed E-state index contributed by atoms with van der Waals surface area (Å²) < 4.78 is 10.4. The van der Waals surface area contributed by atoms with E-state index in [1.165, 1.54) is 18.0 Å². The number of hydrogen-bond donors (Lipinski definition) is 1. The molecule has 0 unspecified atom stereocenters. The van der Waals surface area contributed by atoms with Gasteiger partial charge in [-0.25, -0.2) is 5.43 Å². The molecule has 1 N–H and O–H groups in total. The molecule has 0 aliphatic rings. The van der Waals surface area contributed by atoms with Crippen LogP contribution in [0.5, 0.6) is 11.5 Å². The van der Waals surface area contributed by atoms with Crippen LogP contribution in [0.3, 0.4) is 0 Å². The fourth-order valence-electron chi connectivity index (χ4n) is 1.79. The van der Waals surface area contributed by atoms with Crippen molar-refractivity contribution in [3.63, 3.8) is 0 Å². The molecule has 2 rings (SSSR count). The Hall–Kier alpha value is -2.18. The molecule has 0 saturated heterocycles. The number of ether oxygens (including phenoxy) is 2. The van der Waals surface area contributed by atoms with Gasteiger partial charge in [-0.1, -0.05) is 11.6 Å². The molecule has 0 fully saturated rings. The highest BCUT2D eigenvalue weighted by atomic mass is 35.5. The molecule has 0 spiro atoms. The molecule has 0 atom stereocenters. The van der Waals surface area contributed by atoms with Crippen LogP contribution in [0.25, 0.3) is 0 Å². The van der Waals surface area contributed by atoms with E-state index < -0.39 is 0 Å². The van der Waals surface area contributed by atoms with Crippen LogP contribution in [-0.4, -0.2) is 32.1 Å². The second-order valence-corrected chi connectivity index (χ2v) is 6.17. The van der Waals surface area contributed by atoms with E-state index in [0.29, 0.717) is 16.5 Å². The molecule has 0 aliphatic heterocycles. The molecular weight excluding hydrogens is 348 g/mol. The predicted molar refractivity (Wildman–Crippen MR) is 97.5 cm³/mol. The third-order valence-electron chi connectivity index (χ3n) is 2.96. The topological polar surface area (TPSA) is 59.9 Å². The molecule has 5 nitrogen and oxygen atoms in total. The van der Waals surface area contributed by atoms with Gasteiger partial charge < -0.3 is 9.47 Å². The normalized spacial score (nSPS) is 10.6. The van der Waals surface area contributed by atoms with Crippen LogP contribution < -0.4 is 14.9 Å². The summed E-state index contributed by atoms with van der Waals surface area (Å²) >= 11 is 7.23. The van der Waals surface area contributed by atoms with Crippen molar-refractivity contribution in [2.45, 2.75) is 4.90 Å². The van der Waals surface area contributed by atoms with E-state index in [1.807, 2.05) is 12.1 Å². The molecule has 0 radical (unpaired) electrons. The summed E-state index contributed by atoms with van der Waals surface area (Å²) in [5.74, 6) is 1.38. The number of carbonyl (C=O) groups excluding carboxylic acids is 1. The first-order chi connectivity index (χ1) is 11.6. The Morgan fingerprint density at radius 1 is 1.17 bits per heavy atom. The Morgan fingerprint density at radius 2 is 1.79 bits per heavy atom. The first kappa shape index (κ1) is 18.2. The van der Waals surface area contributed by atoms with Crippen molar-refractivity contribution in [2.75, 3.05) is 20.0 Å².